The Morgan fingerprint density at radius 1 is 1.38 bits per heavy atom. The van der Waals surface area contributed by atoms with Crippen molar-refractivity contribution in [1.82, 2.24) is 0 Å². The smallest absolute Gasteiger partial charge is 0.142 e. The van der Waals surface area contributed by atoms with Crippen LogP contribution in [-0.4, -0.2) is 5.11 Å². The highest BCUT2D eigenvalue weighted by Gasteiger charge is 2.19. The first-order chi connectivity index (χ1) is 5.82. The van der Waals surface area contributed by atoms with Gasteiger partial charge in [0.1, 0.15) is 5.82 Å². The molecule has 72 valence electrons. The maximum atomic E-state index is 12.9. The van der Waals surface area contributed by atoms with Crippen LogP contribution in [0.3, 0.4) is 0 Å². The van der Waals surface area contributed by atoms with Crippen LogP contribution in [0.25, 0.3) is 0 Å². The first-order valence-electron chi connectivity index (χ1n) is 4.01. The highest BCUT2D eigenvalue weighted by molar-refractivity contribution is 6.30. The molecule has 0 aliphatic rings. The van der Waals surface area contributed by atoms with E-state index in [2.05, 4.69) is 0 Å². The van der Waals surface area contributed by atoms with Crippen molar-refractivity contribution < 1.29 is 9.50 Å². The van der Waals surface area contributed by atoms with E-state index in [0.717, 1.165) is 0 Å². The van der Waals surface area contributed by atoms with Gasteiger partial charge in [0, 0.05) is 0 Å². The van der Waals surface area contributed by atoms with Crippen LogP contribution in [-0.2, 0) is 5.60 Å². The van der Waals surface area contributed by atoms with Gasteiger partial charge >= 0.3 is 0 Å². The Bertz CT molecular complexity index is 328. The van der Waals surface area contributed by atoms with Crippen molar-refractivity contribution in [2.45, 2.75) is 26.4 Å². The van der Waals surface area contributed by atoms with E-state index in [1.165, 1.54) is 12.1 Å². The molecule has 0 heterocycles. The summed E-state index contributed by atoms with van der Waals surface area (Å²) in [5.41, 5.74) is 0.370. The second-order valence-electron chi connectivity index (χ2n) is 3.64. The zero-order valence-electron chi connectivity index (χ0n) is 7.86. The van der Waals surface area contributed by atoms with E-state index in [4.69, 9.17) is 11.6 Å². The van der Waals surface area contributed by atoms with E-state index >= 15 is 0 Å². The molecule has 1 aromatic rings. The Morgan fingerprint density at radius 3 is 2.38 bits per heavy atom. The van der Waals surface area contributed by atoms with Gasteiger partial charge in [0.15, 0.2) is 0 Å². The molecule has 1 rings (SSSR count). The summed E-state index contributed by atoms with van der Waals surface area (Å²) in [5, 5.41) is 9.75. The van der Waals surface area contributed by atoms with Gasteiger partial charge in [0.25, 0.3) is 0 Å². The van der Waals surface area contributed by atoms with Crippen molar-refractivity contribution in [2.75, 3.05) is 0 Å². The quantitative estimate of drug-likeness (QED) is 0.742. The summed E-state index contributed by atoms with van der Waals surface area (Å²) in [5.74, 6) is -0.452. The molecule has 0 spiro atoms. The van der Waals surface area contributed by atoms with E-state index in [0.29, 0.717) is 11.1 Å². The van der Waals surface area contributed by atoms with Gasteiger partial charge in [-0.2, -0.15) is 0 Å². The highest BCUT2D eigenvalue weighted by Crippen LogP contribution is 2.28. The lowest BCUT2D eigenvalue weighted by atomic mass is 9.94. The first kappa shape index (κ1) is 10.5. The SMILES string of the molecule is Cc1cc(F)c(Cl)cc1C(C)(C)O. The molecule has 0 aliphatic carbocycles. The van der Waals surface area contributed by atoms with Crippen LogP contribution in [0, 0.1) is 12.7 Å². The molecule has 13 heavy (non-hydrogen) atoms. The van der Waals surface area contributed by atoms with E-state index < -0.39 is 11.4 Å². The minimum absolute atomic E-state index is 0.0442. The molecule has 0 amide bonds. The number of benzene rings is 1. The minimum atomic E-state index is -0.985. The van der Waals surface area contributed by atoms with Crippen LogP contribution in [0.15, 0.2) is 12.1 Å². The Balaban J connectivity index is 3.32. The van der Waals surface area contributed by atoms with Crippen LogP contribution in [0.2, 0.25) is 5.02 Å². The van der Waals surface area contributed by atoms with Crippen molar-refractivity contribution in [3.05, 3.63) is 34.1 Å². The van der Waals surface area contributed by atoms with Crippen LogP contribution >= 0.6 is 11.6 Å². The lowest BCUT2D eigenvalue weighted by molar-refractivity contribution is 0.0778. The molecule has 0 saturated carbocycles. The third-order valence-electron chi connectivity index (χ3n) is 1.93. The normalized spacial score (nSPS) is 11.8. The second-order valence-corrected chi connectivity index (χ2v) is 4.05. The predicted molar refractivity (Wildman–Crippen MR) is 51.4 cm³/mol. The molecule has 0 fully saturated rings. The standard InChI is InChI=1S/C10H12ClFO/c1-6-4-9(12)8(11)5-7(6)10(2,3)13/h4-5,13H,1-3H3. The second kappa shape index (κ2) is 3.28. The van der Waals surface area contributed by atoms with Gasteiger partial charge in [-0.1, -0.05) is 11.6 Å². The van der Waals surface area contributed by atoms with Crippen LogP contribution in [0.5, 0.6) is 0 Å². The van der Waals surface area contributed by atoms with Crippen LogP contribution in [0.4, 0.5) is 4.39 Å². The largest absolute Gasteiger partial charge is 0.386 e. The molecule has 3 heteroatoms. The summed E-state index contributed by atoms with van der Waals surface area (Å²) in [6, 6.07) is 2.79. The summed E-state index contributed by atoms with van der Waals surface area (Å²) in [4.78, 5) is 0. The molecule has 0 saturated heterocycles. The summed E-state index contributed by atoms with van der Waals surface area (Å²) in [7, 11) is 0. The monoisotopic (exact) mass is 202 g/mol. The molecule has 1 aromatic carbocycles. The molecule has 0 atom stereocenters. The van der Waals surface area contributed by atoms with E-state index in [9.17, 15) is 9.50 Å². The summed E-state index contributed by atoms with van der Waals surface area (Å²) in [6.07, 6.45) is 0. The first-order valence-corrected chi connectivity index (χ1v) is 4.38. The number of hydrogen-bond acceptors (Lipinski definition) is 1. The number of hydrogen-bond donors (Lipinski definition) is 1. The van der Waals surface area contributed by atoms with Gasteiger partial charge < -0.3 is 5.11 Å². The fraction of sp³-hybridized carbons (Fsp3) is 0.400. The summed E-state index contributed by atoms with van der Waals surface area (Å²) >= 11 is 5.61. The Labute approximate surface area is 82.2 Å². The van der Waals surface area contributed by atoms with Crippen LogP contribution < -0.4 is 0 Å². The number of rotatable bonds is 1. The maximum Gasteiger partial charge on any atom is 0.142 e. The van der Waals surface area contributed by atoms with Crippen molar-refractivity contribution in [3.63, 3.8) is 0 Å². The molecule has 0 bridgehead atoms. The molecule has 0 radical (unpaired) electrons. The molecule has 0 aromatic heterocycles. The lowest BCUT2D eigenvalue weighted by Crippen LogP contribution is -2.17. The number of aliphatic hydroxyl groups is 1. The molecular formula is C10H12ClFO. The van der Waals surface area contributed by atoms with Gasteiger partial charge in [-0.25, -0.2) is 4.39 Å². The lowest BCUT2D eigenvalue weighted by Gasteiger charge is -2.20. The molecule has 1 nitrogen and oxygen atoms in total. The van der Waals surface area contributed by atoms with Gasteiger partial charge in [-0.05, 0) is 44.0 Å². The van der Waals surface area contributed by atoms with Gasteiger partial charge in [0.05, 0.1) is 10.6 Å². The Hall–Kier alpha value is -0.600. The zero-order chi connectivity index (χ0) is 10.2. The van der Waals surface area contributed by atoms with E-state index in [-0.39, 0.29) is 5.02 Å². The van der Waals surface area contributed by atoms with Crippen molar-refractivity contribution in [3.8, 4) is 0 Å². The fourth-order valence-corrected chi connectivity index (χ4v) is 1.47. The van der Waals surface area contributed by atoms with Crippen molar-refractivity contribution in [2.24, 2.45) is 0 Å². The van der Waals surface area contributed by atoms with Crippen molar-refractivity contribution >= 4 is 11.6 Å². The Morgan fingerprint density at radius 2 is 1.92 bits per heavy atom. The zero-order valence-corrected chi connectivity index (χ0v) is 8.61. The third kappa shape index (κ3) is 2.20. The molecular weight excluding hydrogens is 191 g/mol. The maximum absolute atomic E-state index is 12.9. The topological polar surface area (TPSA) is 20.2 Å². The molecule has 1 N–H and O–H groups in total. The van der Waals surface area contributed by atoms with E-state index in [1.54, 1.807) is 20.8 Å². The van der Waals surface area contributed by atoms with Gasteiger partial charge in [-0.3, -0.25) is 0 Å². The minimum Gasteiger partial charge on any atom is -0.386 e. The van der Waals surface area contributed by atoms with E-state index in [1.807, 2.05) is 0 Å². The summed E-state index contributed by atoms with van der Waals surface area (Å²) < 4.78 is 12.9. The average molecular weight is 203 g/mol. The average Bonchev–Trinajstić information content (AvgIpc) is 1.94. The van der Waals surface area contributed by atoms with Crippen molar-refractivity contribution in [1.29, 1.82) is 0 Å². The molecule has 0 unspecified atom stereocenters. The molecule has 0 aliphatic heterocycles. The Kier molecular flexibility index (Phi) is 2.64. The number of aryl methyl sites for hydroxylation is 1. The van der Waals surface area contributed by atoms with Gasteiger partial charge in [0.2, 0.25) is 0 Å². The van der Waals surface area contributed by atoms with Crippen LogP contribution in [0.1, 0.15) is 25.0 Å². The van der Waals surface area contributed by atoms with Gasteiger partial charge in [-0.15, -0.1) is 0 Å². The fourth-order valence-electron chi connectivity index (χ4n) is 1.31. The summed E-state index contributed by atoms with van der Waals surface area (Å²) in [6.45, 7) is 5.03. The number of halogens is 2. The highest BCUT2D eigenvalue weighted by atomic mass is 35.5. The predicted octanol–water partition coefficient (Wildman–Crippen LogP) is 3.01. The third-order valence-corrected chi connectivity index (χ3v) is 2.22.